The van der Waals surface area contributed by atoms with Crippen LogP contribution in [0.2, 0.25) is 0 Å². The van der Waals surface area contributed by atoms with Crippen LogP contribution in [0.1, 0.15) is 26.5 Å². The monoisotopic (exact) mass is 281 g/mol. The van der Waals surface area contributed by atoms with Gasteiger partial charge in [-0.15, -0.1) is 0 Å². The molecular formula is C15H17F2NO2. The summed E-state index contributed by atoms with van der Waals surface area (Å²) < 4.78 is 37.1. The highest BCUT2D eigenvalue weighted by Crippen LogP contribution is 2.37. The Hall–Kier alpha value is -1.75. The van der Waals surface area contributed by atoms with Gasteiger partial charge in [0.2, 0.25) is 0 Å². The van der Waals surface area contributed by atoms with Gasteiger partial charge >= 0.3 is 6.11 Å². The maximum Gasteiger partial charge on any atom is 0.360 e. The second kappa shape index (κ2) is 5.32. The lowest BCUT2D eigenvalue weighted by Gasteiger charge is -2.29. The summed E-state index contributed by atoms with van der Waals surface area (Å²) in [5, 5.41) is 3.74. The van der Waals surface area contributed by atoms with E-state index in [9.17, 15) is 8.78 Å². The molecule has 20 heavy (non-hydrogen) atoms. The Labute approximate surface area is 116 Å². The number of hydrogen-bond acceptors (Lipinski definition) is 3. The fourth-order valence-electron chi connectivity index (χ4n) is 1.50. The molecule has 1 heterocycles. The molecule has 0 saturated heterocycles. The van der Waals surface area contributed by atoms with E-state index in [1.54, 1.807) is 6.07 Å². The molecule has 0 fully saturated rings. The van der Waals surface area contributed by atoms with E-state index >= 15 is 0 Å². The van der Waals surface area contributed by atoms with Gasteiger partial charge in [0.25, 0.3) is 0 Å². The molecule has 5 heteroatoms. The van der Waals surface area contributed by atoms with E-state index in [-0.39, 0.29) is 6.61 Å². The molecule has 0 unspecified atom stereocenters. The molecule has 0 amide bonds. The second-order valence-electron chi connectivity index (χ2n) is 5.60. The highest BCUT2D eigenvalue weighted by Gasteiger charge is 2.44. The first kappa shape index (κ1) is 14.7. The predicted octanol–water partition coefficient (Wildman–Crippen LogP) is 4.50. The molecule has 2 aromatic rings. The molecular weight excluding hydrogens is 264 g/mol. The summed E-state index contributed by atoms with van der Waals surface area (Å²) in [7, 11) is 0. The largest absolute Gasteiger partial charge is 0.360 e. The molecule has 0 saturated carbocycles. The zero-order valence-corrected chi connectivity index (χ0v) is 11.7. The van der Waals surface area contributed by atoms with Crippen molar-refractivity contribution in [2.45, 2.75) is 33.5 Å². The van der Waals surface area contributed by atoms with Crippen LogP contribution in [0, 0.1) is 5.41 Å². The molecule has 0 aliphatic heterocycles. The van der Waals surface area contributed by atoms with Crippen molar-refractivity contribution >= 4 is 0 Å². The van der Waals surface area contributed by atoms with Crippen LogP contribution in [-0.2, 0) is 11.3 Å². The van der Waals surface area contributed by atoms with Crippen LogP contribution in [0.5, 0.6) is 0 Å². The fraction of sp³-hybridized carbons (Fsp3) is 0.400. The molecule has 0 N–H and O–H groups in total. The molecule has 1 aromatic heterocycles. The van der Waals surface area contributed by atoms with Gasteiger partial charge in [0.1, 0.15) is 5.69 Å². The minimum atomic E-state index is -3.22. The summed E-state index contributed by atoms with van der Waals surface area (Å²) in [5.41, 5.74) is -0.0828. The Morgan fingerprint density at radius 3 is 2.40 bits per heavy atom. The molecule has 0 atom stereocenters. The summed E-state index contributed by atoms with van der Waals surface area (Å²) in [6.07, 6.45) is -3.22. The smallest absolute Gasteiger partial charge is 0.356 e. The summed E-state index contributed by atoms with van der Waals surface area (Å²) in [5.74, 6) is 0.531. The van der Waals surface area contributed by atoms with Gasteiger partial charge in [0.05, 0.1) is 12.0 Å². The topological polar surface area (TPSA) is 35.3 Å². The van der Waals surface area contributed by atoms with Gasteiger partial charge in [0, 0.05) is 11.6 Å². The van der Waals surface area contributed by atoms with Crippen LogP contribution in [0.4, 0.5) is 8.78 Å². The highest BCUT2D eigenvalue weighted by atomic mass is 19.3. The number of nitrogens with zero attached hydrogens (tertiary/aromatic N) is 1. The number of halogens is 2. The SMILES string of the molecule is CC(C)(C)C(F)(F)OCc1cc(-c2ccccc2)on1. The number of alkyl halides is 2. The lowest BCUT2D eigenvalue weighted by atomic mass is 9.95. The first-order valence-electron chi connectivity index (χ1n) is 6.32. The van der Waals surface area contributed by atoms with Gasteiger partial charge in [0.15, 0.2) is 5.76 Å². The molecule has 0 spiro atoms. The van der Waals surface area contributed by atoms with E-state index in [1.807, 2.05) is 30.3 Å². The summed E-state index contributed by atoms with van der Waals surface area (Å²) in [4.78, 5) is 0. The van der Waals surface area contributed by atoms with E-state index in [2.05, 4.69) is 9.89 Å². The number of benzene rings is 1. The van der Waals surface area contributed by atoms with Crippen LogP contribution in [0.15, 0.2) is 40.9 Å². The van der Waals surface area contributed by atoms with Crippen molar-refractivity contribution in [1.82, 2.24) is 5.16 Å². The first-order valence-corrected chi connectivity index (χ1v) is 6.32. The van der Waals surface area contributed by atoms with Crippen LogP contribution < -0.4 is 0 Å². The van der Waals surface area contributed by atoms with Gasteiger partial charge < -0.3 is 9.26 Å². The number of aromatic nitrogens is 1. The van der Waals surface area contributed by atoms with Crippen LogP contribution in [-0.4, -0.2) is 11.3 Å². The molecule has 1 aromatic carbocycles. The molecule has 2 rings (SSSR count). The summed E-state index contributed by atoms with van der Waals surface area (Å²) in [6, 6.07) is 10.9. The van der Waals surface area contributed by atoms with E-state index in [0.29, 0.717) is 11.5 Å². The average Bonchev–Trinajstić information content (AvgIpc) is 2.85. The Morgan fingerprint density at radius 1 is 1.15 bits per heavy atom. The van der Waals surface area contributed by atoms with Crippen molar-refractivity contribution in [2.75, 3.05) is 0 Å². The van der Waals surface area contributed by atoms with Crippen molar-refractivity contribution in [1.29, 1.82) is 0 Å². The van der Waals surface area contributed by atoms with Crippen molar-refractivity contribution in [3.8, 4) is 11.3 Å². The van der Waals surface area contributed by atoms with Gasteiger partial charge in [-0.1, -0.05) is 56.3 Å². The van der Waals surface area contributed by atoms with E-state index < -0.39 is 11.5 Å². The Kier molecular flexibility index (Phi) is 3.90. The Balaban J connectivity index is 2.04. The Morgan fingerprint density at radius 2 is 1.80 bits per heavy atom. The number of rotatable bonds is 4. The van der Waals surface area contributed by atoms with Crippen molar-refractivity contribution in [3.05, 3.63) is 42.1 Å². The third kappa shape index (κ3) is 3.22. The predicted molar refractivity (Wildman–Crippen MR) is 71.1 cm³/mol. The van der Waals surface area contributed by atoms with Gasteiger partial charge in [-0.3, -0.25) is 0 Å². The highest BCUT2D eigenvalue weighted by molar-refractivity contribution is 5.56. The quantitative estimate of drug-likeness (QED) is 0.827. The number of hydrogen-bond donors (Lipinski definition) is 0. The molecule has 0 aliphatic carbocycles. The maximum atomic E-state index is 13.7. The van der Waals surface area contributed by atoms with Crippen LogP contribution >= 0.6 is 0 Å². The van der Waals surface area contributed by atoms with Gasteiger partial charge in [-0.2, -0.15) is 8.78 Å². The van der Waals surface area contributed by atoms with E-state index in [4.69, 9.17) is 4.52 Å². The zero-order valence-electron chi connectivity index (χ0n) is 11.7. The molecule has 108 valence electrons. The molecule has 0 aliphatic rings. The van der Waals surface area contributed by atoms with Crippen molar-refractivity contribution in [3.63, 3.8) is 0 Å². The van der Waals surface area contributed by atoms with Crippen molar-refractivity contribution < 1.29 is 18.0 Å². The normalized spacial score (nSPS) is 12.7. The summed E-state index contributed by atoms with van der Waals surface area (Å²) in [6.45, 7) is 3.97. The van der Waals surface area contributed by atoms with Crippen LogP contribution in [0.3, 0.4) is 0 Å². The summed E-state index contributed by atoms with van der Waals surface area (Å²) >= 11 is 0. The minimum Gasteiger partial charge on any atom is -0.356 e. The lowest BCUT2D eigenvalue weighted by molar-refractivity contribution is -0.301. The number of ether oxygens (including phenoxy) is 1. The van der Waals surface area contributed by atoms with Crippen molar-refractivity contribution in [2.24, 2.45) is 5.41 Å². The zero-order chi connectivity index (χ0) is 14.8. The lowest BCUT2D eigenvalue weighted by Crippen LogP contribution is -2.36. The maximum absolute atomic E-state index is 13.7. The third-order valence-corrected chi connectivity index (χ3v) is 2.89. The Bertz CT molecular complexity index is 559. The van der Waals surface area contributed by atoms with E-state index in [1.165, 1.54) is 20.8 Å². The van der Waals surface area contributed by atoms with Gasteiger partial charge in [-0.25, -0.2) is 0 Å². The molecule has 0 bridgehead atoms. The average molecular weight is 281 g/mol. The molecule has 0 radical (unpaired) electrons. The standard InChI is InChI=1S/C15H17F2NO2/c1-14(2,3)15(16,17)19-10-12-9-13(20-18-12)11-7-5-4-6-8-11/h4-9H,10H2,1-3H3. The minimum absolute atomic E-state index is 0.291. The first-order chi connectivity index (χ1) is 9.29. The molecule has 3 nitrogen and oxygen atoms in total. The van der Waals surface area contributed by atoms with Gasteiger partial charge in [-0.05, 0) is 0 Å². The fourth-order valence-corrected chi connectivity index (χ4v) is 1.50. The second-order valence-corrected chi connectivity index (χ2v) is 5.60. The third-order valence-electron chi connectivity index (χ3n) is 2.89. The van der Waals surface area contributed by atoms with Crippen LogP contribution in [0.25, 0.3) is 11.3 Å². The van der Waals surface area contributed by atoms with E-state index in [0.717, 1.165) is 5.56 Å².